The first-order valence-electron chi connectivity index (χ1n) is 4.59. The molecule has 0 aromatic rings. The minimum absolute atomic E-state index is 0.0722. The van der Waals surface area contributed by atoms with Gasteiger partial charge in [-0.1, -0.05) is 0 Å². The van der Waals surface area contributed by atoms with Crippen molar-refractivity contribution in [3.05, 3.63) is 0 Å². The molecule has 0 spiro atoms. The van der Waals surface area contributed by atoms with E-state index in [1.807, 2.05) is 0 Å². The van der Waals surface area contributed by atoms with Crippen molar-refractivity contribution in [2.45, 2.75) is 12.5 Å². The first-order valence-corrected chi connectivity index (χ1v) is 4.59. The highest BCUT2D eigenvalue weighted by molar-refractivity contribution is 5.76. The summed E-state index contributed by atoms with van der Waals surface area (Å²) >= 11 is 0. The molecule has 13 heavy (non-hydrogen) atoms. The molecule has 0 bridgehead atoms. The van der Waals surface area contributed by atoms with Crippen LogP contribution in [0.25, 0.3) is 0 Å². The minimum atomic E-state index is -0.318. The van der Waals surface area contributed by atoms with Gasteiger partial charge in [-0.3, -0.25) is 4.79 Å². The highest BCUT2D eigenvalue weighted by atomic mass is 16.3. The summed E-state index contributed by atoms with van der Waals surface area (Å²) in [4.78, 5) is 13.1. The quantitative estimate of drug-likeness (QED) is 0.483. The van der Waals surface area contributed by atoms with Crippen molar-refractivity contribution in [1.82, 2.24) is 10.2 Å². The second-order valence-corrected chi connectivity index (χ2v) is 3.28. The van der Waals surface area contributed by atoms with Crippen LogP contribution in [-0.4, -0.2) is 54.7 Å². The number of aliphatic hydroxyl groups excluding tert-OH is 1. The zero-order valence-electron chi connectivity index (χ0n) is 7.70. The van der Waals surface area contributed by atoms with E-state index in [4.69, 9.17) is 10.8 Å². The van der Waals surface area contributed by atoms with Gasteiger partial charge in [-0.25, -0.2) is 0 Å². The molecule has 0 radical (unpaired) electrons. The Bertz CT molecular complexity index is 175. The van der Waals surface area contributed by atoms with Crippen LogP contribution in [-0.2, 0) is 4.79 Å². The molecule has 0 aliphatic carbocycles. The molecule has 1 rings (SSSR count). The Kier molecular flexibility index (Phi) is 4.14. The molecule has 4 N–H and O–H groups in total. The van der Waals surface area contributed by atoms with Gasteiger partial charge in [0.15, 0.2) is 0 Å². The summed E-state index contributed by atoms with van der Waals surface area (Å²) in [6.07, 6.45) is 0.526. The monoisotopic (exact) mass is 187 g/mol. The van der Waals surface area contributed by atoms with Crippen molar-refractivity contribution in [3.8, 4) is 0 Å². The van der Waals surface area contributed by atoms with Crippen molar-refractivity contribution in [2.75, 3.05) is 32.8 Å². The first kappa shape index (κ1) is 10.4. The molecule has 76 valence electrons. The average molecular weight is 187 g/mol. The predicted molar refractivity (Wildman–Crippen MR) is 49.1 cm³/mol. The lowest BCUT2D eigenvalue weighted by molar-refractivity contribution is -0.130. The van der Waals surface area contributed by atoms with Gasteiger partial charge in [0, 0.05) is 38.6 Å². The smallest absolute Gasteiger partial charge is 0.223 e. The summed E-state index contributed by atoms with van der Waals surface area (Å²) in [5.41, 5.74) is 5.55. The van der Waals surface area contributed by atoms with E-state index >= 15 is 0 Å². The fourth-order valence-corrected chi connectivity index (χ4v) is 1.35. The van der Waals surface area contributed by atoms with Crippen LogP contribution in [0.3, 0.4) is 0 Å². The molecule has 5 nitrogen and oxygen atoms in total. The number of hydrogen-bond donors (Lipinski definition) is 3. The molecule has 1 saturated heterocycles. The molecule has 0 aromatic carbocycles. The minimum Gasteiger partial charge on any atom is -0.395 e. The number of nitrogens with two attached hydrogens (primary N) is 1. The zero-order chi connectivity index (χ0) is 9.68. The largest absolute Gasteiger partial charge is 0.395 e. The third-order valence-electron chi connectivity index (χ3n) is 2.12. The Morgan fingerprint density at radius 2 is 2.38 bits per heavy atom. The molecule has 1 unspecified atom stereocenters. The highest BCUT2D eigenvalue weighted by Gasteiger charge is 2.17. The summed E-state index contributed by atoms with van der Waals surface area (Å²) < 4.78 is 0. The highest BCUT2D eigenvalue weighted by Crippen LogP contribution is 1.98. The van der Waals surface area contributed by atoms with Gasteiger partial charge < -0.3 is 21.1 Å². The topological polar surface area (TPSA) is 78.6 Å². The Labute approximate surface area is 77.9 Å². The molecule has 0 saturated carbocycles. The van der Waals surface area contributed by atoms with Crippen molar-refractivity contribution in [1.29, 1.82) is 0 Å². The van der Waals surface area contributed by atoms with E-state index in [-0.39, 0.29) is 18.6 Å². The van der Waals surface area contributed by atoms with E-state index in [0.717, 1.165) is 13.1 Å². The van der Waals surface area contributed by atoms with Crippen molar-refractivity contribution >= 4 is 5.91 Å². The second kappa shape index (κ2) is 5.16. The van der Waals surface area contributed by atoms with Crippen LogP contribution in [0.5, 0.6) is 0 Å². The van der Waals surface area contributed by atoms with E-state index in [2.05, 4.69) is 5.32 Å². The van der Waals surface area contributed by atoms with Gasteiger partial charge in [-0.2, -0.15) is 0 Å². The third kappa shape index (κ3) is 3.30. The number of aliphatic hydroxyl groups is 1. The second-order valence-electron chi connectivity index (χ2n) is 3.28. The number of amides is 1. The molecule has 5 heteroatoms. The summed E-state index contributed by atoms with van der Waals surface area (Å²) in [6, 6.07) is -0.318. The van der Waals surface area contributed by atoms with Crippen molar-refractivity contribution in [2.24, 2.45) is 5.73 Å². The van der Waals surface area contributed by atoms with Crippen LogP contribution in [0.15, 0.2) is 0 Å². The number of nitrogens with zero attached hydrogens (tertiary/aromatic N) is 1. The van der Waals surface area contributed by atoms with Crippen LogP contribution >= 0.6 is 0 Å². The maximum Gasteiger partial charge on any atom is 0.223 e. The van der Waals surface area contributed by atoms with E-state index in [9.17, 15) is 4.79 Å². The predicted octanol–water partition coefficient (Wildman–Crippen LogP) is -1.87. The fraction of sp³-hybridized carbons (Fsp3) is 0.875. The van der Waals surface area contributed by atoms with E-state index in [1.54, 1.807) is 4.90 Å². The van der Waals surface area contributed by atoms with Gasteiger partial charge in [0.05, 0.1) is 6.61 Å². The zero-order valence-corrected chi connectivity index (χ0v) is 7.70. The van der Waals surface area contributed by atoms with Crippen LogP contribution < -0.4 is 11.1 Å². The number of carbonyl (C=O) groups is 1. The normalized spacial score (nSPS) is 21.4. The standard InChI is InChI=1S/C8H17N3O2/c9-7(6-12)5-11-4-3-10-2-1-8(11)13/h7,10,12H,1-6,9H2. The summed E-state index contributed by atoms with van der Waals surface area (Å²) in [7, 11) is 0. The summed E-state index contributed by atoms with van der Waals surface area (Å²) in [6.45, 7) is 2.62. The van der Waals surface area contributed by atoms with Gasteiger partial charge >= 0.3 is 0 Å². The molecule has 1 aliphatic heterocycles. The van der Waals surface area contributed by atoms with Crippen molar-refractivity contribution < 1.29 is 9.90 Å². The molecule has 0 aromatic heterocycles. The van der Waals surface area contributed by atoms with Crippen LogP contribution in [0.4, 0.5) is 0 Å². The van der Waals surface area contributed by atoms with E-state index in [1.165, 1.54) is 0 Å². The number of nitrogens with one attached hydrogen (secondary N) is 1. The maximum atomic E-state index is 11.4. The Morgan fingerprint density at radius 1 is 1.62 bits per heavy atom. The van der Waals surface area contributed by atoms with Crippen LogP contribution in [0.2, 0.25) is 0 Å². The number of carbonyl (C=O) groups excluding carboxylic acids is 1. The molecule has 1 amide bonds. The van der Waals surface area contributed by atoms with Crippen LogP contribution in [0.1, 0.15) is 6.42 Å². The molecule has 1 aliphatic rings. The molecular weight excluding hydrogens is 170 g/mol. The fourth-order valence-electron chi connectivity index (χ4n) is 1.35. The van der Waals surface area contributed by atoms with Crippen molar-refractivity contribution in [3.63, 3.8) is 0 Å². The van der Waals surface area contributed by atoms with Gasteiger partial charge in [0.25, 0.3) is 0 Å². The Morgan fingerprint density at radius 3 is 3.08 bits per heavy atom. The van der Waals surface area contributed by atoms with Gasteiger partial charge in [0.2, 0.25) is 5.91 Å². The molecule has 1 fully saturated rings. The molecule has 1 atom stereocenters. The molecule has 1 heterocycles. The number of rotatable bonds is 3. The maximum absolute atomic E-state index is 11.4. The average Bonchev–Trinajstić information content (AvgIpc) is 2.32. The summed E-state index contributed by atoms with van der Waals surface area (Å²) in [5, 5.41) is 11.9. The Balaban J connectivity index is 2.40. The lowest BCUT2D eigenvalue weighted by Crippen LogP contribution is -2.43. The van der Waals surface area contributed by atoms with E-state index < -0.39 is 0 Å². The first-order chi connectivity index (χ1) is 6.24. The Hall–Kier alpha value is -0.650. The number of hydrogen-bond acceptors (Lipinski definition) is 4. The van der Waals surface area contributed by atoms with Gasteiger partial charge in [-0.05, 0) is 0 Å². The lowest BCUT2D eigenvalue weighted by Gasteiger charge is -2.22. The lowest BCUT2D eigenvalue weighted by atomic mass is 10.3. The SMILES string of the molecule is NC(CO)CN1CCNCCC1=O. The van der Waals surface area contributed by atoms with E-state index in [0.29, 0.717) is 19.5 Å². The summed E-state index contributed by atoms with van der Waals surface area (Å²) in [5.74, 6) is 0.119. The molecular formula is C8H17N3O2. The van der Waals surface area contributed by atoms with Crippen LogP contribution in [0, 0.1) is 0 Å². The van der Waals surface area contributed by atoms with Gasteiger partial charge in [-0.15, -0.1) is 0 Å². The third-order valence-corrected chi connectivity index (χ3v) is 2.12. The van der Waals surface area contributed by atoms with Gasteiger partial charge in [0.1, 0.15) is 0 Å².